The number of nitrogens with one attached hydrogen (secondary N) is 1. The van der Waals surface area contributed by atoms with Crippen LogP contribution < -0.4 is 5.32 Å². The van der Waals surface area contributed by atoms with Crippen molar-refractivity contribution in [2.24, 2.45) is 11.8 Å². The zero-order valence-corrected chi connectivity index (χ0v) is 13.6. The van der Waals surface area contributed by atoms with E-state index in [1.54, 1.807) is 13.8 Å². The minimum atomic E-state index is -0.447. The van der Waals surface area contributed by atoms with Crippen LogP contribution in [-0.2, 0) is 11.3 Å². The van der Waals surface area contributed by atoms with Gasteiger partial charge in [0.05, 0.1) is 4.92 Å². The smallest absolute Gasteiger partial charge is 0.312 e. The van der Waals surface area contributed by atoms with Crippen LogP contribution in [0, 0.1) is 35.8 Å². The second-order valence-corrected chi connectivity index (χ2v) is 6.41. The molecule has 7 heteroatoms. The lowest BCUT2D eigenvalue weighted by Crippen LogP contribution is -2.46. The minimum Gasteiger partial charge on any atom is -0.351 e. The molecular weight excluding hydrogens is 284 g/mol. The third-order valence-electron chi connectivity index (χ3n) is 4.69. The molecule has 1 fully saturated rings. The summed E-state index contributed by atoms with van der Waals surface area (Å²) in [6.07, 6.45) is 3.46. The Morgan fingerprint density at radius 1 is 1.36 bits per heavy atom. The first-order chi connectivity index (χ1) is 10.3. The van der Waals surface area contributed by atoms with E-state index in [0.29, 0.717) is 23.2 Å². The molecule has 0 radical (unpaired) electrons. The number of nitrogens with zero attached hydrogens (tertiary/aromatic N) is 3. The third-order valence-corrected chi connectivity index (χ3v) is 4.69. The zero-order chi connectivity index (χ0) is 16.4. The van der Waals surface area contributed by atoms with Crippen molar-refractivity contribution in [1.82, 2.24) is 15.1 Å². The van der Waals surface area contributed by atoms with E-state index in [1.165, 1.54) is 11.1 Å². The number of hydrogen-bond donors (Lipinski definition) is 1. The van der Waals surface area contributed by atoms with Crippen molar-refractivity contribution < 1.29 is 9.72 Å². The summed E-state index contributed by atoms with van der Waals surface area (Å²) in [5.74, 6) is 0.788. The largest absolute Gasteiger partial charge is 0.351 e. The van der Waals surface area contributed by atoms with Gasteiger partial charge < -0.3 is 5.32 Å². The molecular formula is C15H24N4O3. The molecule has 2 rings (SSSR count). The molecule has 1 aliphatic carbocycles. The summed E-state index contributed by atoms with van der Waals surface area (Å²) in [4.78, 5) is 22.8. The van der Waals surface area contributed by atoms with Gasteiger partial charge in [0.15, 0.2) is 0 Å². The standard InChI is InChI=1S/C15H24N4O3/c1-9-6-5-7-10(2)14(9)16-13(20)8-18-12(4)15(19(21)22)11(3)17-18/h9-10,14H,5-8H2,1-4H3,(H,16,20)/t9-,10+,14?. The first-order valence-electron chi connectivity index (χ1n) is 7.79. The Morgan fingerprint density at radius 3 is 2.45 bits per heavy atom. The van der Waals surface area contributed by atoms with Gasteiger partial charge in [-0.2, -0.15) is 5.10 Å². The van der Waals surface area contributed by atoms with Crippen molar-refractivity contribution in [2.75, 3.05) is 0 Å². The first kappa shape index (κ1) is 16.5. The maximum atomic E-state index is 12.3. The van der Waals surface area contributed by atoms with Gasteiger partial charge in [0, 0.05) is 6.04 Å². The average Bonchev–Trinajstić information content (AvgIpc) is 2.69. The summed E-state index contributed by atoms with van der Waals surface area (Å²) in [7, 11) is 0. The highest BCUT2D eigenvalue weighted by atomic mass is 16.6. The van der Waals surface area contributed by atoms with Crippen LogP contribution in [0.15, 0.2) is 0 Å². The molecule has 0 aliphatic heterocycles. The molecule has 1 amide bonds. The third kappa shape index (κ3) is 3.28. The van der Waals surface area contributed by atoms with Crippen LogP contribution in [0.4, 0.5) is 5.69 Å². The summed E-state index contributed by atoms with van der Waals surface area (Å²) in [6, 6.07) is 0.174. The van der Waals surface area contributed by atoms with E-state index >= 15 is 0 Å². The van der Waals surface area contributed by atoms with Gasteiger partial charge in [-0.15, -0.1) is 0 Å². The SMILES string of the molecule is Cc1nn(CC(=O)NC2[C@H](C)CCC[C@@H]2C)c(C)c1[N+](=O)[O-]. The number of aryl methyl sites for hydroxylation is 1. The van der Waals surface area contributed by atoms with Gasteiger partial charge in [-0.1, -0.05) is 20.3 Å². The van der Waals surface area contributed by atoms with Crippen LogP contribution in [0.25, 0.3) is 0 Å². The van der Waals surface area contributed by atoms with Crippen molar-refractivity contribution in [3.8, 4) is 0 Å². The first-order valence-corrected chi connectivity index (χ1v) is 7.79. The Hall–Kier alpha value is -1.92. The highest BCUT2D eigenvalue weighted by molar-refractivity contribution is 5.76. The fraction of sp³-hybridized carbons (Fsp3) is 0.733. The van der Waals surface area contributed by atoms with Crippen molar-refractivity contribution in [1.29, 1.82) is 0 Å². The van der Waals surface area contributed by atoms with E-state index in [2.05, 4.69) is 24.3 Å². The maximum Gasteiger partial charge on any atom is 0.312 e. The van der Waals surface area contributed by atoms with Gasteiger partial charge in [0.1, 0.15) is 17.9 Å². The predicted molar refractivity (Wildman–Crippen MR) is 82.5 cm³/mol. The topological polar surface area (TPSA) is 90.1 Å². The number of amides is 1. The summed E-state index contributed by atoms with van der Waals surface area (Å²) in [5, 5.41) is 18.2. The summed E-state index contributed by atoms with van der Waals surface area (Å²) in [6.45, 7) is 7.56. The Bertz CT molecular complexity index is 572. The van der Waals surface area contributed by atoms with Crippen molar-refractivity contribution >= 4 is 11.6 Å². The molecule has 0 saturated heterocycles. The molecule has 0 bridgehead atoms. The van der Waals surface area contributed by atoms with Crippen molar-refractivity contribution in [3.05, 3.63) is 21.5 Å². The molecule has 122 valence electrons. The average molecular weight is 308 g/mol. The number of hydrogen-bond acceptors (Lipinski definition) is 4. The van der Waals surface area contributed by atoms with Crippen LogP contribution in [0.2, 0.25) is 0 Å². The van der Waals surface area contributed by atoms with Crippen LogP contribution in [-0.4, -0.2) is 26.7 Å². The number of rotatable bonds is 4. The van der Waals surface area contributed by atoms with E-state index < -0.39 is 4.92 Å². The van der Waals surface area contributed by atoms with E-state index in [4.69, 9.17) is 0 Å². The van der Waals surface area contributed by atoms with Crippen molar-refractivity contribution in [3.63, 3.8) is 0 Å². The Labute approximate surface area is 130 Å². The van der Waals surface area contributed by atoms with E-state index in [0.717, 1.165) is 12.8 Å². The van der Waals surface area contributed by atoms with Gasteiger partial charge in [-0.05, 0) is 38.5 Å². The van der Waals surface area contributed by atoms with Gasteiger partial charge >= 0.3 is 5.69 Å². The normalized spacial score (nSPS) is 25.0. The molecule has 1 heterocycles. The molecule has 22 heavy (non-hydrogen) atoms. The summed E-state index contributed by atoms with van der Waals surface area (Å²) >= 11 is 0. The number of nitro groups is 1. The molecule has 1 aromatic heterocycles. The van der Waals surface area contributed by atoms with E-state index in [9.17, 15) is 14.9 Å². The van der Waals surface area contributed by atoms with Crippen LogP contribution in [0.5, 0.6) is 0 Å². The molecule has 3 atom stereocenters. The lowest BCUT2D eigenvalue weighted by atomic mass is 9.79. The number of aromatic nitrogens is 2. The van der Waals surface area contributed by atoms with Gasteiger partial charge in [0.25, 0.3) is 0 Å². The zero-order valence-electron chi connectivity index (χ0n) is 13.6. The van der Waals surface area contributed by atoms with Gasteiger partial charge in [0.2, 0.25) is 5.91 Å². The molecule has 1 saturated carbocycles. The summed E-state index contributed by atoms with van der Waals surface area (Å²) in [5.41, 5.74) is 0.754. The molecule has 1 N–H and O–H groups in total. The van der Waals surface area contributed by atoms with Crippen molar-refractivity contribution in [2.45, 2.75) is 59.5 Å². The van der Waals surface area contributed by atoms with Gasteiger partial charge in [-0.25, -0.2) is 0 Å². The summed E-state index contributed by atoms with van der Waals surface area (Å²) < 4.78 is 1.42. The molecule has 1 aliphatic rings. The quantitative estimate of drug-likeness (QED) is 0.683. The molecule has 0 spiro atoms. The fourth-order valence-electron chi connectivity index (χ4n) is 3.44. The number of carbonyl (C=O) groups is 1. The van der Waals surface area contributed by atoms with Crippen LogP contribution >= 0.6 is 0 Å². The second kappa shape index (κ2) is 6.46. The lowest BCUT2D eigenvalue weighted by Gasteiger charge is -2.35. The molecule has 1 aromatic rings. The van der Waals surface area contributed by atoms with E-state index in [-0.39, 0.29) is 24.2 Å². The molecule has 1 unspecified atom stereocenters. The minimum absolute atomic E-state index is 0.00722. The highest BCUT2D eigenvalue weighted by Crippen LogP contribution is 2.29. The molecule has 7 nitrogen and oxygen atoms in total. The molecule has 0 aromatic carbocycles. The van der Waals surface area contributed by atoms with Crippen LogP contribution in [0.1, 0.15) is 44.5 Å². The Balaban J connectivity index is 2.06. The highest BCUT2D eigenvalue weighted by Gasteiger charge is 2.29. The number of carbonyl (C=O) groups excluding carboxylic acids is 1. The Kier molecular flexibility index (Phi) is 4.83. The lowest BCUT2D eigenvalue weighted by molar-refractivity contribution is -0.386. The van der Waals surface area contributed by atoms with Gasteiger partial charge in [-0.3, -0.25) is 19.6 Å². The Morgan fingerprint density at radius 2 is 1.95 bits per heavy atom. The fourth-order valence-corrected chi connectivity index (χ4v) is 3.44. The maximum absolute atomic E-state index is 12.3. The van der Waals surface area contributed by atoms with Crippen LogP contribution in [0.3, 0.4) is 0 Å². The van der Waals surface area contributed by atoms with E-state index in [1.807, 2.05) is 0 Å². The second-order valence-electron chi connectivity index (χ2n) is 6.41. The predicted octanol–water partition coefficient (Wildman–Crippen LogP) is 2.35. The monoisotopic (exact) mass is 308 g/mol.